The van der Waals surface area contributed by atoms with Gasteiger partial charge >= 0.3 is 0 Å². The van der Waals surface area contributed by atoms with Crippen LogP contribution in [0.4, 0.5) is 5.69 Å². The average molecular weight is 360 g/mol. The smallest absolute Gasteiger partial charge is 0.233 e. The Morgan fingerprint density at radius 1 is 1.14 bits per heavy atom. The van der Waals surface area contributed by atoms with Gasteiger partial charge in [-0.15, -0.1) is 0 Å². The van der Waals surface area contributed by atoms with Gasteiger partial charge in [-0.1, -0.05) is 34.1 Å². The van der Waals surface area contributed by atoms with E-state index in [1.54, 1.807) is 0 Å². The second kappa shape index (κ2) is 4.37. The number of amides is 1. The molecule has 1 aromatic carbocycles. The van der Waals surface area contributed by atoms with Crippen LogP contribution in [0.1, 0.15) is 44.1 Å². The van der Waals surface area contributed by atoms with Gasteiger partial charge in [-0.05, 0) is 68.4 Å². The van der Waals surface area contributed by atoms with Crippen LogP contribution in [-0.2, 0) is 11.2 Å². The number of nitrogens with zero attached hydrogens (tertiary/aromatic N) is 1. The highest BCUT2D eigenvalue weighted by Crippen LogP contribution is 2.65. The standard InChI is InChI=1S/C19H22BrNO/c20-19-10-13-7-14(11-19)9-18(8-13,12-19)17(22)21-6-5-15-3-1-2-4-16(15)21/h1-4,13-14H,5-12H2. The number of alkyl halides is 1. The van der Waals surface area contributed by atoms with E-state index in [0.29, 0.717) is 5.91 Å². The highest BCUT2D eigenvalue weighted by Gasteiger charge is 2.60. The van der Waals surface area contributed by atoms with Crippen molar-refractivity contribution in [1.82, 2.24) is 0 Å². The van der Waals surface area contributed by atoms with E-state index in [-0.39, 0.29) is 9.74 Å². The summed E-state index contributed by atoms with van der Waals surface area (Å²) < 4.78 is 0.256. The Morgan fingerprint density at radius 3 is 2.59 bits per heavy atom. The molecule has 1 aliphatic heterocycles. The predicted octanol–water partition coefficient (Wildman–Crippen LogP) is 4.31. The quantitative estimate of drug-likeness (QED) is 0.684. The summed E-state index contributed by atoms with van der Waals surface area (Å²) in [5, 5.41) is 0. The summed E-state index contributed by atoms with van der Waals surface area (Å²) in [6.07, 6.45) is 8.28. The molecular formula is C19H22BrNO. The average Bonchev–Trinajstić information content (AvgIpc) is 2.87. The molecule has 2 unspecified atom stereocenters. The van der Waals surface area contributed by atoms with Crippen molar-refractivity contribution >= 4 is 27.5 Å². The maximum Gasteiger partial charge on any atom is 0.233 e. The van der Waals surface area contributed by atoms with E-state index >= 15 is 0 Å². The fraction of sp³-hybridized carbons (Fsp3) is 0.632. The van der Waals surface area contributed by atoms with Gasteiger partial charge in [0.25, 0.3) is 0 Å². The Morgan fingerprint density at radius 2 is 1.86 bits per heavy atom. The van der Waals surface area contributed by atoms with E-state index in [9.17, 15) is 4.79 Å². The van der Waals surface area contributed by atoms with Crippen molar-refractivity contribution in [3.63, 3.8) is 0 Å². The lowest BCUT2D eigenvalue weighted by molar-refractivity contribution is -0.141. The van der Waals surface area contributed by atoms with E-state index in [1.165, 1.54) is 30.5 Å². The number of hydrogen-bond donors (Lipinski definition) is 0. The lowest BCUT2D eigenvalue weighted by Gasteiger charge is -2.60. The number of halogens is 1. The van der Waals surface area contributed by atoms with Gasteiger partial charge in [0.05, 0.1) is 5.41 Å². The molecule has 4 aliphatic carbocycles. The highest BCUT2D eigenvalue weighted by atomic mass is 79.9. The first-order valence-electron chi connectivity index (χ1n) is 8.66. The van der Waals surface area contributed by atoms with Crippen molar-refractivity contribution in [2.75, 3.05) is 11.4 Å². The zero-order chi connectivity index (χ0) is 14.9. The maximum absolute atomic E-state index is 13.5. The largest absolute Gasteiger partial charge is 0.311 e. The summed E-state index contributed by atoms with van der Waals surface area (Å²) in [6, 6.07) is 8.46. The molecule has 0 saturated heterocycles. The summed E-state index contributed by atoms with van der Waals surface area (Å²) >= 11 is 4.03. The maximum atomic E-state index is 13.5. The summed E-state index contributed by atoms with van der Waals surface area (Å²) in [5.74, 6) is 1.96. The molecule has 1 aromatic rings. The van der Waals surface area contributed by atoms with Crippen molar-refractivity contribution in [2.24, 2.45) is 17.3 Å². The SMILES string of the molecule is O=C(N1CCc2ccccc21)C12CC3CC(CC(Br)(C3)C1)C2. The second-order valence-electron chi connectivity index (χ2n) is 8.23. The molecule has 4 saturated carbocycles. The van der Waals surface area contributed by atoms with Gasteiger partial charge in [0.1, 0.15) is 0 Å². The monoisotopic (exact) mass is 359 g/mol. The molecule has 0 spiro atoms. The highest BCUT2D eigenvalue weighted by molar-refractivity contribution is 9.10. The first kappa shape index (κ1) is 13.6. The third kappa shape index (κ3) is 1.81. The molecule has 5 aliphatic rings. The minimum absolute atomic E-state index is 0.0783. The van der Waals surface area contributed by atoms with E-state index < -0.39 is 0 Å². The minimum Gasteiger partial charge on any atom is -0.311 e. The molecule has 1 amide bonds. The third-order valence-corrected chi connectivity index (χ3v) is 7.50. The number of carbonyl (C=O) groups is 1. The number of carbonyl (C=O) groups excluding carboxylic acids is 1. The molecular weight excluding hydrogens is 338 g/mol. The predicted molar refractivity (Wildman–Crippen MR) is 91.3 cm³/mol. The van der Waals surface area contributed by atoms with Crippen LogP contribution >= 0.6 is 15.9 Å². The second-order valence-corrected chi connectivity index (χ2v) is 9.91. The van der Waals surface area contributed by atoms with Gasteiger partial charge in [0.15, 0.2) is 0 Å². The summed E-state index contributed by atoms with van der Waals surface area (Å²) in [6.45, 7) is 0.880. The number of benzene rings is 1. The van der Waals surface area contributed by atoms with E-state index in [2.05, 4.69) is 45.1 Å². The van der Waals surface area contributed by atoms with Crippen LogP contribution in [0, 0.1) is 17.3 Å². The number of anilines is 1. The molecule has 1 heterocycles. The molecule has 2 atom stereocenters. The molecule has 0 radical (unpaired) electrons. The lowest BCUT2D eigenvalue weighted by Crippen LogP contribution is -2.58. The first-order valence-corrected chi connectivity index (χ1v) is 9.45. The van der Waals surface area contributed by atoms with E-state index in [0.717, 1.165) is 44.1 Å². The fourth-order valence-electron chi connectivity index (χ4n) is 6.24. The van der Waals surface area contributed by atoms with Crippen molar-refractivity contribution in [3.8, 4) is 0 Å². The van der Waals surface area contributed by atoms with Gasteiger partial charge in [0, 0.05) is 16.6 Å². The molecule has 2 nitrogen and oxygen atoms in total. The Hall–Kier alpha value is -0.830. The van der Waals surface area contributed by atoms with Crippen molar-refractivity contribution < 1.29 is 4.79 Å². The van der Waals surface area contributed by atoms with E-state index in [1.807, 2.05) is 0 Å². The van der Waals surface area contributed by atoms with Crippen molar-refractivity contribution in [3.05, 3.63) is 29.8 Å². The number of para-hydroxylation sites is 1. The zero-order valence-electron chi connectivity index (χ0n) is 12.9. The molecule has 0 N–H and O–H groups in total. The molecule has 4 bridgehead atoms. The molecule has 4 fully saturated rings. The number of rotatable bonds is 1. The van der Waals surface area contributed by atoms with Gasteiger partial charge < -0.3 is 4.90 Å². The Bertz CT molecular complexity index is 641. The molecule has 116 valence electrons. The Kier molecular flexibility index (Phi) is 2.70. The zero-order valence-corrected chi connectivity index (χ0v) is 14.4. The van der Waals surface area contributed by atoms with Gasteiger partial charge in [-0.2, -0.15) is 0 Å². The van der Waals surface area contributed by atoms with Gasteiger partial charge in [-0.25, -0.2) is 0 Å². The number of hydrogen-bond acceptors (Lipinski definition) is 1. The first-order chi connectivity index (χ1) is 10.6. The van der Waals surface area contributed by atoms with Crippen LogP contribution in [0.25, 0.3) is 0 Å². The van der Waals surface area contributed by atoms with Crippen LogP contribution in [0.15, 0.2) is 24.3 Å². The summed E-state index contributed by atoms with van der Waals surface area (Å²) in [4.78, 5) is 15.6. The third-order valence-electron chi connectivity index (χ3n) is 6.58. The van der Waals surface area contributed by atoms with E-state index in [4.69, 9.17) is 0 Å². The molecule has 22 heavy (non-hydrogen) atoms. The van der Waals surface area contributed by atoms with Crippen LogP contribution < -0.4 is 4.90 Å². The number of fused-ring (bicyclic) bond motifs is 1. The minimum atomic E-state index is -0.0783. The molecule has 6 rings (SSSR count). The van der Waals surface area contributed by atoms with Gasteiger partial charge in [-0.3, -0.25) is 4.79 Å². The lowest BCUT2D eigenvalue weighted by atomic mass is 9.49. The van der Waals surface area contributed by atoms with Crippen LogP contribution in [-0.4, -0.2) is 16.8 Å². The van der Waals surface area contributed by atoms with Crippen molar-refractivity contribution in [1.29, 1.82) is 0 Å². The summed E-state index contributed by atoms with van der Waals surface area (Å²) in [7, 11) is 0. The topological polar surface area (TPSA) is 20.3 Å². The van der Waals surface area contributed by atoms with Crippen molar-refractivity contribution in [2.45, 2.75) is 49.3 Å². The van der Waals surface area contributed by atoms with Crippen LogP contribution in [0.5, 0.6) is 0 Å². The summed E-state index contributed by atoms with van der Waals surface area (Å²) in [5.41, 5.74) is 2.44. The molecule has 0 aromatic heterocycles. The Labute approximate surface area is 140 Å². The van der Waals surface area contributed by atoms with Crippen LogP contribution in [0.3, 0.4) is 0 Å². The Balaban J connectivity index is 1.51. The van der Waals surface area contributed by atoms with Gasteiger partial charge in [0.2, 0.25) is 5.91 Å². The normalized spacial score (nSPS) is 41.8. The molecule has 3 heteroatoms. The van der Waals surface area contributed by atoms with Crippen LogP contribution in [0.2, 0.25) is 0 Å². The fourth-order valence-corrected chi connectivity index (χ4v) is 7.69.